The summed E-state index contributed by atoms with van der Waals surface area (Å²) in [5, 5.41) is 6.77. The molecule has 2 heterocycles. The number of H-pyrrole nitrogens is 1. The predicted molar refractivity (Wildman–Crippen MR) is 66.2 cm³/mol. The first-order valence-corrected chi connectivity index (χ1v) is 5.58. The van der Waals surface area contributed by atoms with Crippen LogP contribution < -0.4 is 5.73 Å². The molecule has 7 nitrogen and oxygen atoms in total. The molecule has 0 aromatic carbocycles. The van der Waals surface area contributed by atoms with Crippen LogP contribution in [0.15, 0.2) is 24.4 Å². The number of amides is 1. The van der Waals surface area contributed by atoms with Gasteiger partial charge < -0.3 is 10.5 Å². The first-order valence-electron chi connectivity index (χ1n) is 5.17. The highest BCUT2D eigenvalue weighted by molar-refractivity contribution is 7.71. The van der Waals surface area contributed by atoms with Crippen molar-refractivity contribution < 1.29 is 9.53 Å². The van der Waals surface area contributed by atoms with E-state index in [0.29, 0.717) is 22.8 Å². The van der Waals surface area contributed by atoms with E-state index in [2.05, 4.69) is 19.9 Å². The zero-order valence-electron chi connectivity index (χ0n) is 9.37. The molecule has 2 aromatic heterocycles. The van der Waals surface area contributed by atoms with Gasteiger partial charge in [-0.25, -0.2) is 4.79 Å². The summed E-state index contributed by atoms with van der Waals surface area (Å²) in [6.07, 6.45) is 0.849. The van der Waals surface area contributed by atoms with E-state index in [9.17, 15) is 4.79 Å². The Labute approximate surface area is 108 Å². The Morgan fingerprint density at radius 3 is 3.06 bits per heavy atom. The molecule has 0 spiro atoms. The van der Waals surface area contributed by atoms with Gasteiger partial charge in [-0.1, -0.05) is 6.07 Å². The third kappa shape index (κ3) is 2.72. The number of carbonyl (C=O) groups is 1. The second-order valence-electron chi connectivity index (χ2n) is 3.39. The Kier molecular flexibility index (Phi) is 3.68. The molecule has 94 valence electrons. The van der Waals surface area contributed by atoms with Crippen LogP contribution in [0.4, 0.5) is 4.79 Å². The van der Waals surface area contributed by atoms with Gasteiger partial charge in [0.25, 0.3) is 0 Å². The Morgan fingerprint density at radius 1 is 1.56 bits per heavy atom. The summed E-state index contributed by atoms with van der Waals surface area (Å²) < 4.78 is 6.80. The summed E-state index contributed by atoms with van der Waals surface area (Å²) in [4.78, 5) is 14.7. The van der Waals surface area contributed by atoms with E-state index in [1.54, 1.807) is 10.8 Å². The minimum absolute atomic E-state index is 0.128. The number of rotatable bonds is 4. The molecule has 0 aliphatic rings. The smallest absolute Gasteiger partial charge is 0.404 e. The minimum Gasteiger partial charge on any atom is -0.448 e. The average molecular weight is 265 g/mol. The number of aromatic amines is 1. The van der Waals surface area contributed by atoms with Crippen LogP contribution in [0.2, 0.25) is 0 Å². The zero-order valence-corrected chi connectivity index (χ0v) is 10.2. The lowest BCUT2D eigenvalue weighted by Gasteiger charge is -2.05. The van der Waals surface area contributed by atoms with Crippen molar-refractivity contribution in [3.8, 4) is 11.5 Å². The molecule has 0 bridgehead atoms. The molecule has 0 fully saturated rings. The Hall–Kier alpha value is -2.22. The lowest BCUT2D eigenvalue weighted by Crippen LogP contribution is -2.17. The van der Waals surface area contributed by atoms with Crippen LogP contribution in [-0.2, 0) is 11.3 Å². The first-order chi connectivity index (χ1) is 8.68. The molecule has 0 atom stereocenters. The van der Waals surface area contributed by atoms with Crippen molar-refractivity contribution in [1.82, 2.24) is 19.7 Å². The number of pyridine rings is 1. The summed E-state index contributed by atoms with van der Waals surface area (Å²) in [6, 6.07) is 5.48. The van der Waals surface area contributed by atoms with Gasteiger partial charge in [-0.3, -0.25) is 14.6 Å². The Morgan fingerprint density at radius 2 is 2.39 bits per heavy atom. The standard InChI is InChI=1S/C10H11N5O2S/c11-9(16)17-6-5-15-8(13-14-10(15)18)7-3-1-2-4-12-7/h1-4H,5-6H2,(H2,11,16)(H,14,18). The molecule has 0 aliphatic carbocycles. The summed E-state index contributed by atoms with van der Waals surface area (Å²) in [7, 11) is 0. The van der Waals surface area contributed by atoms with E-state index in [1.807, 2.05) is 18.2 Å². The molecule has 2 aromatic rings. The van der Waals surface area contributed by atoms with Crippen molar-refractivity contribution in [2.45, 2.75) is 6.54 Å². The molecule has 0 saturated heterocycles. The average Bonchev–Trinajstić information content (AvgIpc) is 2.72. The molecular weight excluding hydrogens is 254 g/mol. The van der Waals surface area contributed by atoms with E-state index >= 15 is 0 Å². The van der Waals surface area contributed by atoms with Crippen LogP contribution in [0.25, 0.3) is 11.5 Å². The molecule has 8 heteroatoms. The highest BCUT2D eigenvalue weighted by Gasteiger charge is 2.09. The summed E-state index contributed by atoms with van der Waals surface area (Å²) in [5.41, 5.74) is 5.57. The number of carbonyl (C=O) groups excluding carboxylic acids is 1. The number of primary amides is 1. The van der Waals surface area contributed by atoms with Gasteiger partial charge in [0.05, 0.1) is 6.54 Å². The predicted octanol–water partition coefficient (Wildman–Crippen LogP) is 1.10. The van der Waals surface area contributed by atoms with Gasteiger partial charge >= 0.3 is 6.09 Å². The molecule has 0 saturated carbocycles. The third-order valence-corrected chi connectivity index (χ3v) is 2.52. The fourth-order valence-corrected chi connectivity index (χ4v) is 1.68. The highest BCUT2D eigenvalue weighted by atomic mass is 32.1. The normalized spacial score (nSPS) is 10.2. The number of hydrogen-bond donors (Lipinski definition) is 2. The van der Waals surface area contributed by atoms with Gasteiger partial charge in [0.1, 0.15) is 12.3 Å². The molecule has 2 rings (SSSR count). The Balaban J connectivity index is 2.22. The van der Waals surface area contributed by atoms with Crippen LogP contribution >= 0.6 is 12.2 Å². The first kappa shape index (κ1) is 12.2. The fraction of sp³-hybridized carbons (Fsp3) is 0.200. The van der Waals surface area contributed by atoms with Gasteiger partial charge in [-0.05, 0) is 24.4 Å². The van der Waals surface area contributed by atoms with E-state index < -0.39 is 6.09 Å². The second-order valence-corrected chi connectivity index (χ2v) is 3.77. The van der Waals surface area contributed by atoms with Crippen LogP contribution in [0.1, 0.15) is 0 Å². The maximum absolute atomic E-state index is 10.5. The highest BCUT2D eigenvalue weighted by Crippen LogP contribution is 2.13. The maximum atomic E-state index is 10.5. The van der Waals surface area contributed by atoms with Gasteiger partial charge in [-0.15, -0.1) is 0 Å². The fourth-order valence-electron chi connectivity index (χ4n) is 1.45. The monoisotopic (exact) mass is 265 g/mol. The van der Waals surface area contributed by atoms with Crippen LogP contribution in [0.3, 0.4) is 0 Å². The van der Waals surface area contributed by atoms with Crippen molar-refractivity contribution in [2.75, 3.05) is 6.61 Å². The van der Waals surface area contributed by atoms with Gasteiger partial charge in [0.2, 0.25) is 0 Å². The van der Waals surface area contributed by atoms with Crippen molar-refractivity contribution in [3.05, 3.63) is 29.2 Å². The van der Waals surface area contributed by atoms with Crippen molar-refractivity contribution in [1.29, 1.82) is 0 Å². The summed E-state index contributed by atoms with van der Waals surface area (Å²) in [5.74, 6) is 0.591. The van der Waals surface area contributed by atoms with Gasteiger partial charge in [0, 0.05) is 6.20 Å². The number of hydrogen-bond acceptors (Lipinski definition) is 5. The summed E-state index contributed by atoms with van der Waals surface area (Å²) >= 11 is 5.10. The Bertz CT molecular complexity index is 592. The number of nitrogens with two attached hydrogens (primary N) is 1. The molecule has 0 radical (unpaired) electrons. The quantitative estimate of drug-likeness (QED) is 0.806. The largest absolute Gasteiger partial charge is 0.448 e. The van der Waals surface area contributed by atoms with Crippen molar-refractivity contribution in [2.24, 2.45) is 5.73 Å². The van der Waals surface area contributed by atoms with Gasteiger partial charge in [0.15, 0.2) is 10.6 Å². The van der Waals surface area contributed by atoms with Crippen LogP contribution in [0.5, 0.6) is 0 Å². The van der Waals surface area contributed by atoms with E-state index in [1.165, 1.54) is 0 Å². The lowest BCUT2D eigenvalue weighted by molar-refractivity contribution is 0.152. The van der Waals surface area contributed by atoms with Crippen molar-refractivity contribution >= 4 is 18.3 Å². The number of aromatic nitrogens is 4. The maximum Gasteiger partial charge on any atom is 0.404 e. The molecule has 1 amide bonds. The molecule has 3 N–H and O–H groups in total. The topological polar surface area (TPSA) is 98.8 Å². The third-order valence-electron chi connectivity index (χ3n) is 2.21. The van der Waals surface area contributed by atoms with E-state index in [0.717, 1.165) is 0 Å². The second kappa shape index (κ2) is 5.41. The van der Waals surface area contributed by atoms with Crippen LogP contribution in [0, 0.1) is 4.77 Å². The minimum atomic E-state index is -0.815. The SMILES string of the molecule is NC(=O)OCCn1c(-c2ccccn2)n[nH]c1=S. The molecule has 18 heavy (non-hydrogen) atoms. The van der Waals surface area contributed by atoms with Crippen LogP contribution in [-0.4, -0.2) is 32.4 Å². The molecule has 0 unspecified atom stereocenters. The molecule has 0 aliphatic heterocycles. The van der Waals surface area contributed by atoms with E-state index in [-0.39, 0.29) is 6.61 Å². The number of nitrogens with zero attached hydrogens (tertiary/aromatic N) is 3. The van der Waals surface area contributed by atoms with Crippen molar-refractivity contribution in [3.63, 3.8) is 0 Å². The zero-order chi connectivity index (χ0) is 13.0. The lowest BCUT2D eigenvalue weighted by atomic mass is 10.3. The number of nitrogens with one attached hydrogen (secondary N) is 1. The number of ether oxygens (including phenoxy) is 1. The molecular formula is C10H11N5O2S. The summed E-state index contributed by atoms with van der Waals surface area (Å²) in [6.45, 7) is 0.493. The van der Waals surface area contributed by atoms with Gasteiger partial charge in [-0.2, -0.15) is 5.10 Å². The van der Waals surface area contributed by atoms with E-state index in [4.69, 9.17) is 18.0 Å².